The van der Waals surface area contributed by atoms with Gasteiger partial charge in [0.2, 0.25) is 13.6 Å². The average Bonchev–Trinajstić information content (AvgIpc) is 2.93. The SMILES string of the molecule is C=CC(=O)OCOc1ccc(-c2ccc(OC(=O)CCc3ccc(OCOC(=O)C=C)cc3F)cc2)cc1. The predicted octanol–water partition coefficient (Wildman–Crippen LogP) is 5.16. The summed E-state index contributed by atoms with van der Waals surface area (Å²) in [7, 11) is 0. The largest absolute Gasteiger partial charge is 0.457 e. The van der Waals surface area contributed by atoms with Crippen molar-refractivity contribution in [2.75, 3.05) is 13.6 Å². The van der Waals surface area contributed by atoms with E-state index in [0.717, 1.165) is 29.3 Å². The second kappa shape index (κ2) is 14.0. The second-order valence-electron chi connectivity index (χ2n) is 7.64. The van der Waals surface area contributed by atoms with Crippen molar-refractivity contribution in [2.45, 2.75) is 12.8 Å². The number of rotatable bonds is 13. The van der Waals surface area contributed by atoms with Crippen LogP contribution in [0.25, 0.3) is 11.1 Å². The van der Waals surface area contributed by atoms with Gasteiger partial charge in [0.1, 0.15) is 23.1 Å². The summed E-state index contributed by atoms with van der Waals surface area (Å²) in [6, 6.07) is 18.2. The number of carbonyl (C=O) groups is 3. The Labute approximate surface area is 218 Å². The molecule has 0 spiro atoms. The number of ether oxygens (including phenoxy) is 5. The van der Waals surface area contributed by atoms with Crippen LogP contribution < -0.4 is 14.2 Å². The van der Waals surface area contributed by atoms with Crippen LogP contribution in [0.3, 0.4) is 0 Å². The van der Waals surface area contributed by atoms with Crippen molar-refractivity contribution in [1.29, 1.82) is 0 Å². The van der Waals surface area contributed by atoms with Gasteiger partial charge in [-0.2, -0.15) is 0 Å². The van der Waals surface area contributed by atoms with Gasteiger partial charge in [-0.3, -0.25) is 4.79 Å². The molecule has 0 aliphatic carbocycles. The molecule has 0 radical (unpaired) electrons. The lowest BCUT2D eigenvalue weighted by Crippen LogP contribution is -2.10. The van der Waals surface area contributed by atoms with Gasteiger partial charge in [0.25, 0.3) is 0 Å². The number of aryl methyl sites for hydroxylation is 1. The van der Waals surface area contributed by atoms with Crippen LogP contribution in [0.1, 0.15) is 12.0 Å². The normalized spacial score (nSPS) is 10.1. The van der Waals surface area contributed by atoms with Crippen LogP contribution in [-0.2, 0) is 30.3 Å². The number of hydrogen-bond acceptors (Lipinski definition) is 8. The summed E-state index contributed by atoms with van der Waals surface area (Å²) in [4.78, 5) is 34.3. The van der Waals surface area contributed by atoms with E-state index in [-0.39, 0.29) is 32.2 Å². The molecular weight excluding hydrogens is 495 g/mol. The molecule has 9 heteroatoms. The Morgan fingerprint density at radius 2 is 1.21 bits per heavy atom. The molecule has 0 heterocycles. The molecule has 3 aromatic carbocycles. The highest BCUT2D eigenvalue weighted by Crippen LogP contribution is 2.25. The van der Waals surface area contributed by atoms with Gasteiger partial charge in [0.05, 0.1) is 6.42 Å². The molecule has 3 aromatic rings. The summed E-state index contributed by atoms with van der Waals surface area (Å²) in [6.07, 6.45) is 2.15. The van der Waals surface area contributed by atoms with E-state index in [0.29, 0.717) is 17.1 Å². The van der Waals surface area contributed by atoms with E-state index < -0.39 is 23.7 Å². The Balaban J connectivity index is 1.46. The second-order valence-corrected chi connectivity index (χ2v) is 7.64. The van der Waals surface area contributed by atoms with Crippen LogP contribution in [0.4, 0.5) is 4.39 Å². The van der Waals surface area contributed by atoms with Crippen molar-refractivity contribution in [3.63, 3.8) is 0 Å². The Bertz CT molecular complexity index is 1280. The first-order valence-corrected chi connectivity index (χ1v) is 11.4. The maximum absolute atomic E-state index is 14.3. The molecule has 0 aliphatic heterocycles. The first-order valence-electron chi connectivity index (χ1n) is 11.4. The van der Waals surface area contributed by atoms with Crippen molar-refractivity contribution in [3.8, 4) is 28.4 Å². The fourth-order valence-electron chi connectivity index (χ4n) is 3.13. The minimum absolute atomic E-state index is 0.0284. The highest BCUT2D eigenvalue weighted by Gasteiger charge is 2.10. The van der Waals surface area contributed by atoms with E-state index >= 15 is 0 Å². The van der Waals surface area contributed by atoms with Gasteiger partial charge in [-0.25, -0.2) is 14.0 Å². The van der Waals surface area contributed by atoms with Crippen molar-refractivity contribution < 1.29 is 42.5 Å². The minimum Gasteiger partial charge on any atom is -0.457 e. The van der Waals surface area contributed by atoms with Gasteiger partial charge >= 0.3 is 17.9 Å². The fraction of sp³-hybridized carbons (Fsp3) is 0.138. The summed E-state index contributed by atoms with van der Waals surface area (Å²) in [5.41, 5.74) is 2.11. The van der Waals surface area contributed by atoms with E-state index in [1.54, 1.807) is 36.4 Å². The lowest BCUT2D eigenvalue weighted by Gasteiger charge is -2.09. The molecular formula is C29H25FO8. The van der Waals surface area contributed by atoms with Crippen LogP contribution in [-0.4, -0.2) is 31.5 Å². The lowest BCUT2D eigenvalue weighted by atomic mass is 10.1. The lowest BCUT2D eigenvalue weighted by molar-refractivity contribution is -0.145. The van der Waals surface area contributed by atoms with E-state index in [2.05, 4.69) is 17.9 Å². The standard InChI is InChI=1S/C29H25FO8/c1-3-27(31)36-18-34-23-11-5-20(6-12-23)21-7-13-24(14-8-21)38-29(33)16-10-22-9-15-25(17-26(22)30)35-19-37-28(32)4-2/h3-9,11-15,17H,1-2,10,16,18-19H2. The summed E-state index contributed by atoms with van der Waals surface area (Å²) >= 11 is 0. The Kier molecular flexibility index (Phi) is 10.2. The zero-order chi connectivity index (χ0) is 27.3. The van der Waals surface area contributed by atoms with Crippen molar-refractivity contribution in [1.82, 2.24) is 0 Å². The number of hydrogen-bond donors (Lipinski definition) is 0. The molecule has 0 aliphatic rings. The first kappa shape index (κ1) is 27.7. The summed E-state index contributed by atoms with van der Waals surface area (Å²) in [5, 5.41) is 0. The van der Waals surface area contributed by atoms with E-state index in [9.17, 15) is 18.8 Å². The molecule has 0 unspecified atom stereocenters. The molecule has 0 aromatic heterocycles. The Hall–Kier alpha value is -4.92. The summed E-state index contributed by atoms with van der Waals surface area (Å²) < 4.78 is 39.6. The van der Waals surface area contributed by atoms with Gasteiger partial charge in [-0.1, -0.05) is 43.5 Å². The summed E-state index contributed by atoms with van der Waals surface area (Å²) in [5.74, 6) is -1.20. The monoisotopic (exact) mass is 520 g/mol. The van der Waals surface area contributed by atoms with Crippen LogP contribution >= 0.6 is 0 Å². The van der Waals surface area contributed by atoms with Crippen LogP contribution in [0.15, 0.2) is 92.0 Å². The smallest absolute Gasteiger partial charge is 0.333 e. The highest BCUT2D eigenvalue weighted by molar-refractivity contribution is 5.81. The molecule has 0 bridgehead atoms. The minimum atomic E-state index is -0.651. The highest BCUT2D eigenvalue weighted by atomic mass is 19.1. The van der Waals surface area contributed by atoms with Crippen molar-refractivity contribution in [3.05, 3.63) is 103 Å². The molecule has 0 atom stereocenters. The first-order chi connectivity index (χ1) is 18.4. The van der Waals surface area contributed by atoms with Crippen LogP contribution in [0.5, 0.6) is 17.2 Å². The zero-order valence-corrected chi connectivity index (χ0v) is 20.4. The maximum Gasteiger partial charge on any atom is 0.333 e. The van der Waals surface area contributed by atoms with E-state index in [4.69, 9.17) is 18.9 Å². The van der Waals surface area contributed by atoms with E-state index in [1.165, 1.54) is 12.1 Å². The predicted molar refractivity (Wildman–Crippen MR) is 136 cm³/mol. The molecule has 196 valence electrons. The van der Waals surface area contributed by atoms with Gasteiger partial charge < -0.3 is 23.7 Å². The number of esters is 3. The van der Waals surface area contributed by atoms with E-state index in [1.807, 2.05) is 12.1 Å². The average molecular weight is 521 g/mol. The molecule has 0 fully saturated rings. The van der Waals surface area contributed by atoms with Crippen LogP contribution in [0.2, 0.25) is 0 Å². The van der Waals surface area contributed by atoms with Gasteiger partial charge in [0.15, 0.2) is 0 Å². The van der Waals surface area contributed by atoms with Crippen molar-refractivity contribution in [2.24, 2.45) is 0 Å². The maximum atomic E-state index is 14.3. The third-order valence-electron chi connectivity index (χ3n) is 5.08. The number of benzene rings is 3. The van der Waals surface area contributed by atoms with Crippen LogP contribution in [0, 0.1) is 5.82 Å². The molecule has 0 amide bonds. The molecule has 0 saturated carbocycles. The summed E-state index contributed by atoms with van der Waals surface area (Å²) in [6.45, 7) is 5.98. The Morgan fingerprint density at radius 3 is 1.74 bits per heavy atom. The van der Waals surface area contributed by atoms with Crippen molar-refractivity contribution >= 4 is 17.9 Å². The van der Waals surface area contributed by atoms with Gasteiger partial charge in [-0.15, -0.1) is 0 Å². The van der Waals surface area contributed by atoms with Gasteiger partial charge in [0, 0.05) is 18.2 Å². The Morgan fingerprint density at radius 1 is 0.711 bits per heavy atom. The third kappa shape index (κ3) is 8.63. The molecule has 0 saturated heterocycles. The molecule has 3 rings (SSSR count). The fourth-order valence-corrected chi connectivity index (χ4v) is 3.13. The molecule has 0 N–H and O–H groups in total. The number of carbonyl (C=O) groups excluding carboxylic acids is 3. The molecule has 8 nitrogen and oxygen atoms in total. The zero-order valence-electron chi connectivity index (χ0n) is 20.4. The topological polar surface area (TPSA) is 97.4 Å². The quantitative estimate of drug-likeness (QED) is 0.132. The number of halogens is 1. The van der Waals surface area contributed by atoms with Gasteiger partial charge in [-0.05, 0) is 53.4 Å². The third-order valence-corrected chi connectivity index (χ3v) is 5.08. The molecule has 38 heavy (non-hydrogen) atoms.